The SMILES string of the molecule is CC(=O)CSc1nc2ccsc2c(=O)n1-c1ccccc1. The molecule has 0 N–H and O–H groups in total. The summed E-state index contributed by atoms with van der Waals surface area (Å²) in [5, 5.41) is 2.40. The maximum Gasteiger partial charge on any atom is 0.276 e. The van der Waals surface area contributed by atoms with Crippen molar-refractivity contribution >= 4 is 39.1 Å². The van der Waals surface area contributed by atoms with Gasteiger partial charge in [0.15, 0.2) is 5.16 Å². The lowest BCUT2D eigenvalue weighted by molar-refractivity contribution is -0.114. The number of ketones is 1. The number of fused-ring (bicyclic) bond motifs is 1. The summed E-state index contributed by atoms with van der Waals surface area (Å²) in [7, 11) is 0. The van der Waals surface area contributed by atoms with E-state index in [9.17, 15) is 9.59 Å². The molecule has 3 rings (SSSR count). The van der Waals surface area contributed by atoms with Gasteiger partial charge in [-0.1, -0.05) is 30.0 Å². The Labute approximate surface area is 129 Å². The van der Waals surface area contributed by atoms with E-state index in [1.165, 1.54) is 30.0 Å². The van der Waals surface area contributed by atoms with Crippen molar-refractivity contribution in [3.8, 4) is 5.69 Å². The highest BCUT2D eigenvalue weighted by atomic mass is 32.2. The zero-order valence-corrected chi connectivity index (χ0v) is 12.9. The van der Waals surface area contributed by atoms with E-state index < -0.39 is 0 Å². The lowest BCUT2D eigenvalue weighted by Gasteiger charge is -2.11. The summed E-state index contributed by atoms with van der Waals surface area (Å²) in [5.74, 6) is 0.355. The van der Waals surface area contributed by atoms with Crippen molar-refractivity contribution in [2.45, 2.75) is 12.1 Å². The normalized spacial score (nSPS) is 10.9. The molecule has 0 spiro atoms. The minimum Gasteiger partial charge on any atom is -0.299 e. The number of thiophene rings is 1. The van der Waals surface area contributed by atoms with Crippen LogP contribution < -0.4 is 5.56 Å². The fraction of sp³-hybridized carbons (Fsp3) is 0.133. The van der Waals surface area contributed by atoms with Crippen LogP contribution in [-0.2, 0) is 4.79 Å². The first-order valence-corrected chi connectivity index (χ1v) is 8.21. The van der Waals surface area contributed by atoms with E-state index in [0.29, 0.717) is 21.1 Å². The van der Waals surface area contributed by atoms with Crippen molar-refractivity contribution in [1.29, 1.82) is 0 Å². The van der Waals surface area contributed by atoms with Crippen molar-refractivity contribution in [3.63, 3.8) is 0 Å². The van der Waals surface area contributed by atoms with Gasteiger partial charge in [0, 0.05) is 0 Å². The van der Waals surface area contributed by atoms with Gasteiger partial charge in [0.2, 0.25) is 0 Å². The van der Waals surface area contributed by atoms with E-state index in [1.807, 2.05) is 41.8 Å². The Morgan fingerprint density at radius 3 is 2.76 bits per heavy atom. The van der Waals surface area contributed by atoms with Crippen LogP contribution in [0.5, 0.6) is 0 Å². The highest BCUT2D eigenvalue weighted by Crippen LogP contribution is 2.23. The minimum atomic E-state index is -0.0905. The Morgan fingerprint density at radius 1 is 1.29 bits per heavy atom. The van der Waals surface area contributed by atoms with Crippen molar-refractivity contribution < 1.29 is 4.79 Å². The highest BCUT2D eigenvalue weighted by molar-refractivity contribution is 7.99. The Morgan fingerprint density at radius 2 is 2.05 bits per heavy atom. The van der Waals surface area contributed by atoms with Crippen LogP contribution in [0.4, 0.5) is 0 Å². The van der Waals surface area contributed by atoms with Crippen molar-refractivity contribution in [2.24, 2.45) is 0 Å². The molecule has 0 atom stereocenters. The summed E-state index contributed by atoms with van der Waals surface area (Å²) in [5.41, 5.74) is 1.35. The Hall–Kier alpha value is -1.92. The first kappa shape index (κ1) is 14.0. The fourth-order valence-corrected chi connectivity index (χ4v) is 3.53. The number of benzene rings is 1. The molecular weight excluding hydrogens is 304 g/mol. The molecule has 0 unspecified atom stereocenters. The van der Waals surface area contributed by atoms with Gasteiger partial charge in [0.1, 0.15) is 10.5 Å². The molecule has 4 nitrogen and oxygen atoms in total. The molecule has 0 aliphatic heterocycles. The second kappa shape index (κ2) is 5.83. The number of thioether (sulfide) groups is 1. The fourth-order valence-electron chi connectivity index (χ4n) is 1.96. The van der Waals surface area contributed by atoms with Gasteiger partial charge in [0.25, 0.3) is 5.56 Å². The smallest absolute Gasteiger partial charge is 0.276 e. The molecule has 1 aromatic carbocycles. The molecule has 0 aliphatic carbocycles. The number of aromatic nitrogens is 2. The Bertz CT molecular complexity index is 853. The Balaban J connectivity index is 2.23. The summed E-state index contributed by atoms with van der Waals surface area (Å²) in [6, 6.07) is 11.2. The molecule has 0 saturated heterocycles. The predicted molar refractivity (Wildman–Crippen MR) is 86.6 cm³/mol. The van der Waals surface area contributed by atoms with Crippen molar-refractivity contribution in [1.82, 2.24) is 9.55 Å². The van der Waals surface area contributed by atoms with E-state index in [1.54, 1.807) is 4.57 Å². The summed E-state index contributed by atoms with van der Waals surface area (Å²) in [4.78, 5) is 28.4. The van der Waals surface area contributed by atoms with Gasteiger partial charge in [-0.05, 0) is 30.5 Å². The summed E-state index contributed by atoms with van der Waals surface area (Å²) >= 11 is 2.67. The molecule has 21 heavy (non-hydrogen) atoms. The van der Waals surface area contributed by atoms with E-state index >= 15 is 0 Å². The van der Waals surface area contributed by atoms with E-state index in [0.717, 1.165) is 5.69 Å². The van der Waals surface area contributed by atoms with Crippen LogP contribution in [0.25, 0.3) is 15.9 Å². The van der Waals surface area contributed by atoms with Crippen LogP contribution in [-0.4, -0.2) is 21.1 Å². The molecule has 0 radical (unpaired) electrons. The van der Waals surface area contributed by atoms with Gasteiger partial charge in [-0.25, -0.2) is 4.98 Å². The molecule has 0 amide bonds. The zero-order chi connectivity index (χ0) is 14.8. The number of carbonyl (C=O) groups is 1. The lowest BCUT2D eigenvalue weighted by atomic mass is 10.3. The maximum atomic E-state index is 12.7. The molecule has 106 valence electrons. The number of Topliss-reactive ketones (excluding diaryl/α,β-unsaturated/α-hetero) is 1. The second-order valence-electron chi connectivity index (χ2n) is 4.50. The number of rotatable bonds is 4. The van der Waals surface area contributed by atoms with Gasteiger partial charge in [-0.2, -0.15) is 0 Å². The monoisotopic (exact) mass is 316 g/mol. The number of nitrogens with zero attached hydrogens (tertiary/aromatic N) is 2. The maximum absolute atomic E-state index is 12.7. The van der Waals surface area contributed by atoms with Gasteiger partial charge >= 0.3 is 0 Å². The second-order valence-corrected chi connectivity index (χ2v) is 6.35. The number of hydrogen-bond acceptors (Lipinski definition) is 5. The molecule has 0 aliphatic rings. The van der Waals surface area contributed by atoms with E-state index in [-0.39, 0.29) is 11.3 Å². The topological polar surface area (TPSA) is 52.0 Å². The molecular formula is C15H12N2O2S2. The molecule has 6 heteroatoms. The molecule has 0 saturated carbocycles. The third-order valence-electron chi connectivity index (χ3n) is 2.87. The quantitative estimate of drug-likeness (QED) is 0.548. The number of hydrogen-bond donors (Lipinski definition) is 0. The molecule has 0 bridgehead atoms. The predicted octanol–water partition coefficient (Wildman–Crippen LogP) is 3.13. The molecule has 3 aromatic rings. The van der Waals surface area contributed by atoms with Gasteiger partial charge in [-0.15, -0.1) is 11.3 Å². The zero-order valence-electron chi connectivity index (χ0n) is 11.3. The standard InChI is InChI=1S/C15H12N2O2S2/c1-10(18)9-21-15-16-12-7-8-20-13(12)14(19)17(15)11-5-3-2-4-6-11/h2-8H,9H2,1H3. The molecule has 0 fully saturated rings. The third-order valence-corrected chi connectivity index (χ3v) is 4.84. The van der Waals surface area contributed by atoms with E-state index in [4.69, 9.17) is 0 Å². The molecule has 2 heterocycles. The largest absolute Gasteiger partial charge is 0.299 e. The number of para-hydroxylation sites is 1. The summed E-state index contributed by atoms with van der Waals surface area (Å²) in [6.45, 7) is 1.53. The van der Waals surface area contributed by atoms with Gasteiger partial charge in [0.05, 0.1) is 17.0 Å². The average molecular weight is 316 g/mol. The van der Waals surface area contributed by atoms with Crippen LogP contribution in [0.3, 0.4) is 0 Å². The van der Waals surface area contributed by atoms with Crippen molar-refractivity contribution in [3.05, 3.63) is 52.1 Å². The van der Waals surface area contributed by atoms with Crippen molar-refractivity contribution in [2.75, 3.05) is 5.75 Å². The van der Waals surface area contributed by atoms with Gasteiger partial charge < -0.3 is 0 Å². The van der Waals surface area contributed by atoms with Crippen LogP contribution >= 0.6 is 23.1 Å². The van der Waals surface area contributed by atoms with Crippen LogP contribution in [0, 0.1) is 0 Å². The Kier molecular flexibility index (Phi) is 3.90. The van der Waals surface area contributed by atoms with Crippen LogP contribution in [0.1, 0.15) is 6.92 Å². The molecule has 2 aromatic heterocycles. The first-order valence-electron chi connectivity index (χ1n) is 6.35. The third kappa shape index (κ3) is 2.77. The first-order chi connectivity index (χ1) is 10.2. The highest BCUT2D eigenvalue weighted by Gasteiger charge is 2.14. The van der Waals surface area contributed by atoms with E-state index in [2.05, 4.69) is 4.98 Å². The minimum absolute atomic E-state index is 0.0549. The van der Waals surface area contributed by atoms with Crippen LogP contribution in [0.2, 0.25) is 0 Å². The van der Waals surface area contributed by atoms with Crippen LogP contribution in [0.15, 0.2) is 51.7 Å². The average Bonchev–Trinajstić information content (AvgIpc) is 2.95. The summed E-state index contributed by atoms with van der Waals surface area (Å²) in [6.07, 6.45) is 0. The lowest BCUT2D eigenvalue weighted by Crippen LogP contribution is -2.21. The number of carbonyl (C=O) groups excluding carboxylic acids is 1. The van der Waals surface area contributed by atoms with Gasteiger partial charge in [-0.3, -0.25) is 14.2 Å². The summed E-state index contributed by atoms with van der Waals surface area (Å²) < 4.78 is 2.21.